The van der Waals surface area contributed by atoms with Gasteiger partial charge in [0, 0.05) is 31.2 Å². The van der Waals surface area contributed by atoms with Crippen molar-refractivity contribution in [2.75, 3.05) is 14.2 Å². The molecule has 0 radical (unpaired) electrons. The van der Waals surface area contributed by atoms with Crippen LogP contribution in [0.1, 0.15) is 82.9 Å². The monoisotopic (exact) mass is 600 g/mol. The molecule has 236 valence electrons. The van der Waals surface area contributed by atoms with E-state index in [1.54, 1.807) is 18.9 Å². The quantitative estimate of drug-likeness (QED) is 0.277. The molecule has 3 aromatic carbocycles. The fourth-order valence-corrected chi connectivity index (χ4v) is 7.10. The Morgan fingerprint density at radius 3 is 2.02 bits per heavy atom. The van der Waals surface area contributed by atoms with Crippen molar-refractivity contribution >= 4 is 11.9 Å². The summed E-state index contributed by atoms with van der Waals surface area (Å²) in [6, 6.07) is 24.2. The molecular formula is C37H48N2O5. The van der Waals surface area contributed by atoms with E-state index < -0.39 is 41.0 Å². The molecule has 0 unspecified atom stereocenters. The molecule has 1 fully saturated rings. The molecule has 2 N–H and O–H groups in total. The average Bonchev–Trinajstić information content (AvgIpc) is 3.26. The van der Waals surface area contributed by atoms with Gasteiger partial charge in [-0.2, -0.15) is 0 Å². The highest BCUT2D eigenvalue weighted by Gasteiger charge is 2.65. The lowest BCUT2D eigenvalue weighted by molar-refractivity contribution is -0.166. The Labute approximate surface area is 262 Å². The SMILES string of the molecule is COc1ccc(C(C)(C)C)cc1CN[C@H]1[C@H](C(C)(C)C)[C@@](C)(C(=O)O)N(C(=O)[C@H](OC)c2ccccc2)[C@H]1c1ccccc1. The molecule has 1 aliphatic heterocycles. The first-order chi connectivity index (χ1) is 20.7. The fraction of sp³-hybridized carbons (Fsp3) is 0.459. The van der Waals surface area contributed by atoms with E-state index in [2.05, 4.69) is 59.0 Å². The predicted molar refractivity (Wildman–Crippen MR) is 174 cm³/mol. The number of likely N-dealkylation sites (tertiary alicyclic amines) is 1. The lowest BCUT2D eigenvalue weighted by atomic mass is 9.67. The molecule has 4 rings (SSSR count). The highest BCUT2D eigenvalue weighted by molar-refractivity contribution is 5.91. The Hall–Kier alpha value is -3.68. The van der Waals surface area contributed by atoms with Crippen LogP contribution in [0, 0.1) is 11.3 Å². The second-order valence-corrected chi connectivity index (χ2v) is 14.1. The molecule has 7 nitrogen and oxygen atoms in total. The first kappa shape index (κ1) is 33.2. The summed E-state index contributed by atoms with van der Waals surface area (Å²) >= 11 is 0. The Morgan fingerprint density at radius 1 is 0.932 bits per heavy atom. The summed E-state index contributed by atoms with van der Waals surface area (Å²) in [4.78, 5) is 29.8. The van der Waals surface area contributed by atoms with Crippen LogP contribution in [0.25, 0.3) is 0 Å². The summed E-state index contributed by atoms with van der Waals surface area (Å²) in [5.74, 6) is -1.16. The number of carbonyl (C=O) groups is 2. The molecule has 3 aromatic rings. The van der Waals surface area contributed by atoms with Crippen molar-refractivity contribution in [1.82, 2.24) is 10.2 Å². The highest BCUT2D eigenvalue weighted by Crippen LogP contribution is 2.54. The van der Waals surface area contributed by atoms with E-state index in [0.717, 1.165) is 16.9 Å². The number of carboxylic acid groups (broad SMARTS) is 1. The zero-order valence-electron chi connectivity index (χ0n) is 27.5. The van der Waals surface area contributed by atoms with Gasteiger partial charge in [0.15, 0.2) is 6.10 Å². The number of rotatable bonds is 9. The number of hydrogen-bond acceptors (Lipinski definition) is 5. The number of carbonyl (C=O) groups excluding carboxylic acids is 1. The lowest BCUT2D eigenvalue weighted by Gasteiger charge is -2.43. The van der Waals surface area contributed by atoms with Crippen molar-refractivity contribution in [3.8, 4) is 5.75 Å². The number of amides is 1. The first-order valence-corrected chi connectivity index (χ1v) is 15.3. The summed E-state index contributed by atoms with van der Waals surface area (Å²) in [5, 5.41) is 14.8. The smallest absolute Gasteiger partial charge is 0.329 e. The molecule has 0 aromatic heterocycles. The molecule has 5 atom stereocenters. The highest BCUT2D eigenvalue weighted by atomic mass is 16.5. The minimum Gasteiger partial charge on any atom is -0.496 e. The van der Waals surface area contributed by atoms with Gasteiger partial charge in [0.1, 0.15) is 11.3 Å². The zero-order chi connectivity index (χ0) is 32.4. The van der Waals surface area contributed by atoms with E-state index in [1.165, 1.54) is 12.7 Å². The van der Waals surface area contributed by atoms with Crippen molar-refractivity contribution < 1.29 is 24.2 Å². The van der Waals surface area contributed by atoms with Crippen LogP contribution >= 0.6 is 0 Å². The van der Waals surface area contributed by atoms with Crippen LogP contribution in [0.2, 0.25) is 0 Å². The Bertz CT molecular complexity index is 1440. The van der Waals surface area contributed by atoms with Gasteiger partial charge in [0.25, 0.3) is 5.91 Å². The summed E-state index contributed by atoms with van der Waals surface area (Å²) in [6.07, 6.45) is -0.969. The van der Waals surface area contributed by atoms with E-state index >= 15 is 0 Å². The van der Waals surface area contributed by atoms with Crippen LogP contribution in [-0.2, 0) is 26.3 Å². The number of hydrogen-bond donors (Lipinski definition) is 2. The van der Waals surface area contributed by atoms with Gasteiger partial charge in [0.05, 0.1) is 13.2 Å². The molecule has 0 bridgehead atoms. The number of carboxylic acids is 1. The standard InChI is InChI=1S/C37H48N2O5/c1-35(2,3)27-20-21-28(43-8)26(22-27)23-38-29-30(24-16-12-10-13-17-24)39(37(7,34(41)42)32(29)36(4,5)6)33(40)31(44-9)25-18-14-11-15-19-25/h10-22,29-32,38H,23H2,1-9H3,(H,41,42)/t29-,30+,31-,32-,37+/m1/s1. The number of benzene rings is 3. The Morgan fingerprint density at radius 2 is 1.52 bits per heavy atom. The third-order valence-electron chi connectivity index (χ3n) is 9.06. The second-order valence-electron chi connectivity index (χ2n) is 14.1. The van der Waals surface area contributed by atoms with Gasteiger partial charge in [-0.05, 0) is 40.5 Å². The third kappa shape index (κ3) is 6.26. The van der Waals surface area contributed by atoms with Gasteiger partial charge in [-0.1, -0.05) is 114 Å². The summed E-state index contributed by atoms with van der Waals surface area (Å²) in [7, 11) is 3.15. The van der Waals surface area contributed by atoms with E-state index in [9.17, 15) is 14.7 Å². The van der Waals surface area contributed by atoms with Crippen LogP contribution in [0.3, 0.4) is 0 Å². The summed E-state index contributed by atoms with van der Waals surface area (Å²) in [5.41, 5.74) is 1.55. The molecule has 1 heterocycles. The number of aliphatic carboxylic acids is 1. The van der Waals surface area contributed by atoms with Gasteiger partial charge in [-0.3, -0.25) is 4.79 Å². The summed E-state index contributed by atoms with van der Waals surface area (Å²) in [6.45, 7) is 14.8. The van der Waals surface area contributed by atoms with Crippen LogP contribution < -0.4 is 10.1 Å². The van der Waals surface area contributed by atoms with Gasteiger partial charge in [0.2, 0.25) is 0 Å². The molecule has 1 saturated heterocycles. The zero-order valence-corrected chi connectivity index (χ0v) is 27.5. The predicted octanol–water partition coefficient (Wildman–Crippen LogP) is 6.93. The maximum Gasteiger partial charge on any atom is 0.329 e. The average molecular weight is 601 g/mol. The molecule has 0 aliphatic carbocycles. The van der Waals surface area contributed by atoms with Crippen molar-refractivity contribution in [3.05, 3.63) is 101 Å². The molecule has 1 amide bonds. The molecule has 1 aliphatic rings. The van der Waals surface area contributed by atoms with Crippen LogP contribution in [0.5, 0.6) is 5.75 Å². The van der Waals surface area contributed by atoms with Crippen LogP contribution in [0.15, 0.2) is 78.9 Å². The molecule has 0 saturated carbocycles. The van der Waals surface area contributed by atoms with E-state index in [1.807, 2.05) is 66.7 Å². The Balaban J connectivity index is 1.91. The van der Waals surface area contributed by atoms with Crippen molar-refractivity contribution in [1.29, 1.82) is 0 Å². The van der Waals surface area contributed by atoms with E-state index in [4.69, 9.17) is 9.47 Å². The topological polar surface area (TPSA) is 88.1 Å². The molecule has 0 spiro atoms. The van der Waals surface area contributed by atoms with Crippen molar-refractivity contribution in [2.45, 2.75) is 84.2 Å². The van der Waals surface area contributed by atoms with Gasteiger partial charge in [-0.25, -0.2) is 4.79 Å². The minimum absolute atomic E-state index is 0.0629. The normalized spacial score (nSPS) is 22.9. The molecule has 7 heteroatoms. The molecule has 44 heavy (non-hydrogen) atoms. The number of ether oxygens (including phenoxy) is 2. The van der Waals surface area contributed by atoms with E-state index in [0.29, 0.717) is 12.1 Å². The van der Waals surface area contributed by atoms with Crippen molar-refractivity contribution in [3.63, 3.8) is 0 Å². The van der Waals surface area contributed by atoms with Gasteiger partial charge < -0.3 is 24.8 Å². The van der Waals surface area contributed by atoms with E-state index in [-0.39, 0.29) is 11.3 Å². The maximum absolute atomic E-state index is 14.7. The lowest BCUT2D eigenvalue weighted by Crippen LogP contribution is -2.58. The molecular weight excluding hydrogens is 552 g/mol. The minimum atomic E-state index is -1.56. The fourth-order valence-electron chi connectivity index (χ4n) is 7.10. The summed E-state index contributed by atoms with van der Waals surface area (Å²) < 4.78 is 11.6. The Kier molecular flexibility index (Phi) is 9.62. The maximum atomic E-state index is 14.7. The number of nitrogens with zero attached hydrogens (tertiary/aromatic N) is 1. The first-order valence-electron chi connectivity index (χ1n) is 15.3. The second kappa shape index (κ2) is 12.7. The van der Waals surface area contributed by atoms with Gasteiger partial charge in [-0.15, -0.1) is 0 Å². The van der Waals surface area contributed by atoms with Crippen LogP contribution in [-0.4, -0.2) is 47.7 Å². The number of nitrogens with one attached hydrogen (secondary N) is 1. The largest absolute Gasteiger partial charge is 0.496 e. The van der Waals surface area contributed by atoms with Gasteiger partial charge >= 0.3 is 5.97 Å². The van der Waals surface area contributed by atoms with Crippen molar-refractivity contribution in [2.24, 2.45) is 11.3 Å². The third-order valence-corrected chi connectivity index (χ3v) is 9.06. The van der Waals surface area contributed by atoms with Crippen LogP contribution in [0.4, 0.5) is 0 Å². The number of methoxy groups -OCH3 is 2.